The molecule has 0 radical (unpaired) electrons. The van der Waals surface area contributed by atoms with E-state index in [0.717, 1.165) is 70.2 Å². The molecular formula is C28H35F2N3O. The maximum absolute atomic E-state index is 14.6. The molecule has 2 atom stereocenters. The molecule has 0 bridgehead atoms. The molecule has 0 amide bonds. The number of nitrogens with one attached hydrogen (secondary N) is 1. The van der Waals surface area contributed by atoms with E-state index in [-0.39, 0.29) is 11.6 Å². The number of hydrogen-bond acceptors (Lipinski definition) is 4. The number of benzene rings is 1. The molecule has 3 aliphatic heterocycles. The number of halogens is 2. The third kappa shape index (κ3) is 4.83. The summed E-state index contributed by atoms with van der Waals surface area (Å²) in [5, 5.41) is 3.45. The van der Waals surface area contributed by atoms with E-state index in [0.29, 0.717) is 17.7 Å². The highest BCUT2D eigenvalue weighted by Gasteiger charge is 2.40. The summed E-state index contributed by atoms with van der Waals surface area (Å²) in [6, 6.07) is 3.61. The van der Waals surface area contributed by atoms with Crippen molar-refractivity contribution in [3.8, 4) is 0 Å². The van der Waals surface area contributed by atoms with E-state index >= 15 is 0 Å². The summed E-state index contributed by atoms with van der Waals surface area (Å²) in [5.74, 6) is 0.464. The highest BCUT2D eigenvalue weighted by Crippen LogP contribution is 2.44. The van der Waals surface area contributed by atoms with E-state index in [1.165, 1.54) is 34.5 Å². The molecule has 0 spiro atoms. The first-order chi connectivity index (χ1) is 16.4. The van der Waals surface area contributed by atoms with Crippen molar-refractivity contribution in [2.24, 2.45) is 16.8 Å². The van der Waals surface area contributed by atoms with Crippen LogP contribution in [0.15, 0.2) is 57.4 Å². The number of fused-ring (bicyclic) bond motifs is 1. The quantitative estimate of drug-likeness (QED) is 0.602. The third-order valence-electron chi connectivity index (χ3n) is 7.08. The molecule has 4 aliphatic rings. The zero-order valence-electron chi connectivity index (χ0n) is 20.5. The van der Waals surface area contributed by atoms with Gasteiger partial charge in [0.25, 0.3) is 0 Å². The van der Waals surface area contributed by atoms with Gasteiger partial charge in [0.15, 0.2) is 0 Å². The molecule has 1 N–H and O–H groups in total. The molecule has 5 rings (SSSR count). The normalized spacial score (nSPS) is 25.4. The molecule has 1 saturated carbocycles. The Hall–Kier alpha value is -2.47. The van der Waals surface area contributed by atoms with E-state index in [1.54, 1.807) is 0 Å². The Morgan fingerprint density at radius 1 is 1.18 bits per heavy atom. The summed E-state index contributed by atoms with van der Waals surface area (Å²) >= 11 is 0. The van der Waals surface area contributed by atoms with E-state index < -0.39 is 11.6 Å². The van der Waals surface area contributed by atoms with Crippen molar-refractivity contribution in [3.63, 3.8) is 0 Å². The zero-order valence-corrected chi connectivity index (χ0v) is 20.5. The van der Waals surface area contributed by atoms with Crippen molar-refractivity contribution in [3.05, 3.63) is 69.6 Å². The molecule has 2 fully saturated rings. The standard InChI is InChI=1S/C28H35F2N3O/c1-17(2)15-33-16-18(3)12-23(27(33)19-6-4-5-10-34-11-9-19)26-22-14-25(22)31-28(32-26)21-13-20(29)7-8-24(21)30/h7-8,12-13,17,19,25H,4-6,9-11,14-16H2,1-3H3,(H,31,32). The smallest absolute Gasteiger partial charge is 0.136 e. The lowest BCUT2D eigenvalue weighted by molar-refractivity contribution is 0.0991. The average Bonchev–Trinajstić information content (AvgIpc) is 3.54. The topological polar surface area (TPSA) is 36.9 Å². The number of aliphatic imine (C=N–C) groups is 1. The number of ether oxygens (including phenoxy) is 1. The van der Waals surface area contributed by atoms with Crippen molar-refractivity contribution in [1.82, 2.24) is 10.2 Å². The molecule has 1 aromatic rings. The first-order valence-electron chi connectivity index (χ1n) is 12.7. The van der Waals surface area contributed by atoms with E-state index in [4.69, 9.17) is 4.74 Å². The Labute approximate surface area is 201 Å². The second kappa shape index (κ2) is 9.65. The number of allylic oxidation sites excluding steroid dienone is 2. The summed E-state index contributed by atoms with van der Waals surface area (Å²) in [4.78, 5) is 7.25. The Bertz CT molecular complexity index is 1080. The Morgan fingerprint density at radius 2 is 2.03 bits per heavy atom. The molecular weight excluding hydrogens is 432 g/mol. The second-order valence-corrected chi connectivity index (χ2v) is 10.5. The van der Waals surface area contributed by atoms with Crippen LogP contribution in [-0.4, -0.2) is 43.1 Å². The van der Waals surface area contributed by atoms with Crippen molar-refractivity contribution < 1.29 is 13.5 Å². The monoisotopic (exact) mass is 467 g/mol. The molecule has 34 heavy (non-hydrogen) atoms. The van der Waals surface area contributed by atoms with Crippen LogP contribution in [0.2, 0.25) is 0 Å². The largest absolute Gasteiger partial charge is 0.381 e. The minimum atomic E-state index is -0.459. The van der Waals surface area contributed by atoms with Gasteiger partial charge in [0.2, 0.25) is 0 Å². The summed E-state index contributed by atoms with van der Waals surface area (Å²) in [6.45, 7) is 10.3. The van der Waals surface area contributed by atoms with Crippen LogP contribution in [0.3, 0.4) is 0 Å². The number of nitrogens with zero attached hydrogens (tertiary/aromatic N) is 2. The fourth-order valence-electron chi connectivity index (χ4n) is 5.53. The fourth-order valence-corrected chi connectivity index (χ4v) is 5.53. The van der Waals surface area contributed by atoms with Gasteiger partial charge in [0.1, 0.15) is 17.5 Å². The first kappa shape index (κ1) is 23.3. The summed E-state index contributed by atoms with van der Waals surface area (Å²) < 4.78 is 34.5. The van der Waals surface area contributed by atoms with E-state index in [9.17, 15) is 8.78 Å². The van der Waals surface area contributed by atoms with Crippen molar-refractivity contribution >= 4 is 5.84 Å². The Balaban J connectivity index is 1.57. The van der Waals surface area contributed by atoms with Crippen LogP contribution < -0.4 is 5.32 Å². The maximum Gasteiger partial charge on any atom is 0.136 e. The number of hydrogen-bond donors (Lipinski definition) is 1. The highest BCUT2D eigenvalue weighted by atomic mass is 19.1. The Morgan fingerprint density at radius 3 is 2.85 bits per heavy atom. The van der Waals surface area contributed by atoms with Crippen molar-refractivity contribution in [2.45, 2.75) is 58.9 Å². The van der Waals surface area contributed by atoms with Crippen LogP contribution >= 0.6 is 0 Å². The number of rotatable bonds is 5. The van der Waals surface area contributed by atoms with Crippen LogP contribution in [0.1, 0.15) is 58.4 Å². The molecule has 2 unspecified atom stereocenters. The zero-order chi connectivity index (χ0) is 23.8. The van der Waals surface area contributed by atoms with Gasteiger partial charge < -0.3 is 15.0 Å². The minimum Gasteiger partial charge on any atom is -0.381 e. The lowest BCUT2D eigenvalue weighted by Gasteiger charge is -2.40. The summed E-state index contributed by atoms with van der Waals surface area (Å²) in [5.41, 5.74) is 6.41. The van der Waals surface area contributed by atoms with Gasteiger partial charge in [-0.2, -0.15) is 0 Å². The molecule has 1 aliphatic carbocycles. The van der Waals surface area contributed by atoms with Crippen LogP contribution in [0.25, 0.3) is 0 Å². The second-order valence-electron chi connectivity index (χ2n) is 10.5. The SMILES string of the molecule is CC1=CC(C2=C3CC3N=C(c3cc(F)ccc3F)N2)=C(C2CCCCOCC2)N(CC(C)C)C1. The van der Waals surface area contributed by atoms with Gasteiger partial charge in [-0.05, 0) is 62.3 Å². The van der Waals surface area contributed by atoms with Gasteiger partial charge in [0.05, 0.1) is 17.3 Å². The molecule has 1 aromatic carbocycles. The fraction of sp³-hybridized carbons (Fsp3) is 0.536. The first-order valence-corrected chi connectivity index (χ1v) is 12.7. The van der Waals surface area contributed by atoms with E-state index in [1.807, 2.05) is 0 Å². The lowest BCUT2D eigenvalue weighted by atomic mass is 9.86. The van der Waals surface area contributed by atoms with Gasteiger partial charge in [-0.3, -0.25) is 4.99 Å². The number of amidine groups is 1. The van der Waals surface area contributed by atoms with Crippen LogP contribution in [0.4, 0.5) is 8.78 Å². The van der Waals surface area contributed by atoms with Crippen LogP contribution in [0.5, 0.6) is 0 Å². The molecule has 1 saturated heterocycles. The minimum absolute atomic E-state index is 0.0533. The van der Waals surface area contributed by atoms with Gasteiger partial charge in [-0.25, -0.2) is 8.78 Å². The van der Waals surface area contributed by atoms with Gasteiger partial charge in [0, 0.05) is 43.5 Å². The van der Waals surface area contributed by atoms with Gasteiger partial charge in [-0.1, -0.05) is 31.9 Å². The predicted molar refractivity (Wildman–Crippen MR) is 131 cm³/mol. The predicted octanol–water partition coefficient (Wildman–Crippen LogP) is 5.72. The van der Waals surface area contributed by atoms with Gasteiger partial charge in [-0.15, -0.1) is 0 Å². The molecule has 3 heterocycles. The molecule has 0 aromatic heterocycles. The van der Waals surface area contributed by atoms with Crippen LogP contribution in [0, 0.1) is 23.5 Å². The highest BCUT2D eigenvalue weighted by molar-refractivity contribution is 6.02. The lowest BCUT2D eigenvalue weighted by Crippen LogP contribution is -2.38. The Kier molecular flexibility index (Phi) is 6.61. The maximum atomic E-state index is 14.6. The molecule has 4 nitrogen and oxygen atoms in total. The summed E-state index contributed by atoms with van der Waals surface area (Å²) in [6.07, 6.45) is 7.58. The molecule has 6 heteroatoms. The van der Waals surface area contributed by atoms with Crippen molar-refractivity contribution in [1.29, 1.82) is 0 Å². The third-order valence-corrected chi connectivity index (χ3v) is 7.08. The molecule has 182 valence electrons. The average molecular weight is 468 g/mol. The van der Waals surface area contributed by atoms with Gasteiger partial charge >= 0.3 is 0 Å². The summed E-state index contributed by atoms with van der Waals surface area (Å²) in [7, 11) is 0. The van der Waals surface area contributed by atoms with Crippen LogP contribution in [-0.2, 0) is 4.74 Å². The van der Waals surface area contributed by atoms with E-state index in [2.05, 4.69) is 42.1 Å². The van der Waals surface area contributed by atoms with Crippen molar-refractivity contribution in [2.75, 3.05) is 26.3 Å².